The Morgan fingerprint density at radius 3 is 2.48 bits per heavy atom. The van der Waals surface area contributed by atoms with E-state index in [-0.39, 0.29) is 5.56 Å². The predicted octanol–water partition coefficient (Wildman–Crippen LogP) is 6.34. The molecule has 0 spiro atoms. The molecule has 2 N–H and O–H groups in total. The molecule has 1 fully saturated rings. The zero-order valence-electron chi connectivity index (χ0n) is 23.2. The molecule has 0 aliphatic carbocycles. The van der Waals surface area contributed by atoms with E-state index in [0.717, 1.165) is 47.1 Å². The number of halogens is 2. The van der Waals surface area contributed by atoms with Gasteiger partial charge in [0.15, 0.2) is 0 Å². The van der Waals surface area contributed by atoms with Crippen LogP contribution in [0, 0.1) is 13.8 Å². The zero-order valence-corrected chi connectivity index (χ0v) is 24.7. The maximum Gasteiger partial charge on any atom is 0.261 e. The van der Waals surface area contributed by atoms with Gasteiger partial charge >= 0.3 is 0 Å². The predicted molar refractivity (Wildman–Crippen MR) is 166 cm³/mol. The summed E-state index contributed by atoms with van der Waals surface area (Å²) >= 11 is 12.3. The van der Waals surface area contributed by atoms with Gasteiger partial charge in [0.05, 0.1) is 22.9 Å². The van der Waals surface area contributed by atoms with Gasteiger partial charge in [-0.2, -0.15) is 0 Å². The summed E-state index contributed by atoms with van der Waals surface area (Å²) in [7, 11) is 0. The third-order valence-electron chi connectivity index (χ3n) is 7.23. The molecule has 0 amide bonds. The number of aromatic nitrogens is 2. The third-order valence-corrected chi connectivity index (χ3v) is 7.82. The van der Waals surface area contributed by atoms with Crippen LogP contribution in [0.2, 0.25) is 10.0 Å². The van der Waals surface area contributed by atoms with Gasteiger partial charge < -0.3 is 15.5 Å². The summed E-state index contributed by atoms with van der Waals surface area (Å²) in [6.45, 7) is 10.7. The molecular formula is C31H34Cl2N6O. The van der Waals surface area contributed by atoms with Crippen molar-refractivity contribution in [2.24, 2.45) is 4.99 Å². The maximum atomic E-state index is 13.3. The van der Waals surface area contributed by atoms with Crippen LogP contribution in [-0.4, -0.2) is 45.6 Å². The first-order valence-corrected chi connectivity index (χ1v) is 14.3. The number of aliphatic imine (C=N–C) groups is 1. The lowest BCUT2D eigenvalue weighted by Gasteiger charge is -2.38. The van der Waals surface area contributed by atoms with Crippen LogP contribution in [0.4, 0.5) is 11.4 Å². The summed E-state index contributed by atoms with van der Waals surface area (Å²) in [5.74, 6) is 0.783. The van der Waals surface area contributed by atoms with Gasteiger partial charge in [0, 0.05) is 47.5 Å². The van der Waals surface area contributed by atoms with Crippen molar-refractivity contribution in [1.29, 1.82) is 0 Å². The van der Waals surface area contributed by atoms with Crippen LogP contribution in [-0.2, 0) is 13.0 Å². The highest BCUT2D eigenvalue weighted by atomic mass is 35.5. The van der Waals surface area contributed by atoms with E-state index in [2.05, 4.69) is 66.4 Å². The molecule has 40 heavy (non-hydrogen) atoms. The molecular weight excluding hydrogens is 543 g/mol. The quantitative estimate of drug-likeness (QED) is 0.214. The number of hydrogen-bond donors (Lipinski definition) is 2. The summed E-state index contributed by atoms with van der Waals surface area (Å²) in [5.41, 5.74) is 5.51. The van der Waals surface area contributed by atoms with Crippen molar-refractivity contribution in [3.8, 4) is 0 Å². The first-order chi connectivity index (χ1) is 19.2. The molecule has 1 saturated heterocycles. The fraction of sp³-hybridized carbons (Fsp3) is 0.323. The lowest BCUT2D eigenvalue weighted by atomic mass is 10.1. The first-order valence-electron chi connectivity index (χ1n) is 13.5. The molecule has 0 radical (unpaired) electrons. The van der Waals surface area contributed by atoms with Crippen LogP contribution in [0.3, 0.4) is 0 Å². The van der Waals surface area contributed by atoms with Crippen molar-refractivity contribution in [3.63, 3.8) is 0 Å². The van der Waals surface area contributed by atoms with Gasteiger partial charge in [-0.1, -0.05) is 47.5 Å². The second kappa shape index (κ2) is 12.0. The Morgan fingerprint density at radius 1 is 1.05 bits per heavy atom. The molecule has 3 aromatic carbocycles. The number of rotatable bonds is 5. The second-order valence-corrected chi connectivity index (χ2v) is 11.5. The molecule has 0 saturated carbocycles. The normalized spacial score (nSPS) is 17.9. The second-order valence-electron chi connectivity index (χ2n) is 10.6. The van der Waals surface area contributed by atoms with Crippen molar-refractivity contribution < 1.29 is 0 Å². The number of guanidine groups is 1. The zero-order chi connectivity index (χ0) is 28.4. The number of hydrogen-bond acceptors (Lipinski definition) is 4. The molecule has 5 rings (SSSR count). The summed E-state index contributed by atoms with van der Waals surface area (Å²) in [5, 5.41) is 8.89. The standard InChI is InChI=1S/C31H34Cl2N6O/c1-19-6-5-7-20(2)29(19)37-31(39-16-21(3)35-22(4)17-39)36-25-10-11-26-28(15-25)34-18-38(30(26)40)13-12-23-8-9-24(32)14-27(23)33/h5-11,14-15,18,21-22,35H,12-13,16-17H2,1-4H3,(H,36,37)/t21-,22+. The Bertz CT molecular complexity index is 1600. The molecule has 2 heterocycles. The number of fused-ring (bicyclic) bond motifs is 1. The van der Waals surface area contributed by atoms with Crippen molar-refractivity contribution in [3.05, 3.63) is 98.0 Å². The van der Waals surface area contributed by atoms with Crippen LogP contribution in [0.1, 0.15) is 30.5 Å². The number of aryl methyl sites for hydroxylation is 4. The summed E-state index contributed by atoms with van der Waals surface area (Å²) in [6.07, 6.45) is 2.20. The van der Waals surface area contributed by atoms with Gasteiger partial charge in [0.1, 0.15) is 0 Å². The average Bonchev–Trinajstić information content (AvgIpc) is 2.90. The van der Waals surface area contributed by atoms with Gasteiger partial charge in [-0.25, -0.2) is 9.98 Å². The number of benzene rings is 3. The van der Waals surface area contributed by atoms with E-state index in [9.17, 15) is 4.79 Å². The van der Waals surface area contributed by atoms with Crippen LogP contribution >= 0.6 is 23.2 Å². The summed E-state index contributed by atoms with van der Waals surface area (Å²) < 4.78 is 1.62. The van der Waals surface area contributed by atoms with Crippen LogP contribution < -0.4 is 16.2 Å². The van der Waals surface area contributed by atoms with Crippen molar-refractivity contribution in [2.75, 3.05) is 18.4 Å². The Kier molecular flexibility index (Phi) is 8.45. The largest absolute Gasteiger partial charge is 0.339 e. The molecule has 7 nitrogen and oxygen atoms in total. The van der Waals surface area contributed by atoms with Crippen molar-refractivity contribution in [1.82, 2.24) is 19.8 Å². The highest BCUT2D eigenvalue weighted by molar-refractivity contribution is 6.35. The number of nitrogens with one attached hydrogen (secondary N) is 2. The summed E-state index contributed by atoms with van der Waals surface area (Å²) in [4.78, 5) is 25.3. The molecule has 2 atom stereocenters. The van der Waals surface area contributed by atoms with Crippen LogP contribution in [0.15, 0.2) is 70.7 Å². The smallest absolute Gasteiger partial charge is 0.261 e. The number of anilines is 1. The fourth-order valence-corrected chi connectivity index (χ4v) is 5.76. The summed E-state index contributed by atoms with van der Waals surface area (Å²) in [6, 6.07) is 17.9. The number of piperazine rings is 1. The van der Waals surface area contributed by atoms with E-state index in [0.29, 0.717) is 46.0 Å². The molecule has 208 valence electrons. The molecule has 1 aromatic heterocycles. The molecule has 1 aliphatic rings. The van der Waals surface area contributed by atoms with E-state index in [1.165, 1.54) is 0 Å². The van der Waals surface area contributed by atoms with E-state index in [1.807, 2.05) is 24.3 Å². The van der Waals surface area contributed by atoms with Gasteiger partial charge in [-0.15, -0.1) is 0 Å². The van der Waals surface area contributed by atoms with Gasteiger partial charge in [-0.3, -0.25) is 9.36 Å². The van der Waals surface area contributed by atoms with Crippen LogP contribution in [0.5, 0.6) is 0 Å². The third kappa shape index (κ3) is 6.33. The van der Waals surface area contributed by atoms with Crippen LogP contribution in [0.25, 0.3) is 10.9 Å². The minimum absolute atomic E-state index is 0.0872. The highest BCUT2D eigenvalue weighted by Crippen LogP contribution is 2.25. The minimum atomic E-state index is -0.0872. The monoisotopic (exact) mass is 576 g/mol. The SMILES string of the molecule is Cc1cccc(C)c1N=C(Nc1ccc2c(=O)n(CCc3ccc(Cl)cc3Cl)cnc2c1)N1C[C@@H](C)N[C@@H](C)C1. The van der Waals surface area contributed by atoms with E-state index >= 15 is 0 Å². The Morgan fingerprint density at radius 2 is 1.77 bits per heavy atom. The van der Waals surface area contributed by atoms with Gasteiger partial charge in [-0.05, 0) is 81.1 Å². The molecule has 1 aliphatic heterocycles. The van der Waals surface area contributed by atoms with E-state index in [1.54, 1.807) is 23.0 Å². The maximum absolute atomic E-state index is 13.3. The number of nitrogens with zero attached hydrogens (tertiary/aromatic N) is 4. The lowest BCUT2D eigenvalue weighted by molar-refractivity contribution is 0.254. The first kappa shape index (κ1) is 28.1. The Balaban J connectivity index is 1.43. The van der Waals surface area contributed by atoms with Crippen molar-refractivity contribution in [2.45, 2.75) is 52.7 Å². The van der Waals surface area contributed by atoms with E-state index < -0.39 is 0 Å². The lowest BCUT2D eigenvalue weighted by Crippen LogP contribution is -2.57. The molecule has 9 heteroatoms. The molecule has 4 aromatic rings. The minimum Gasteiger partial charge on any atom is -0.339 e. The molecule has 0 unspecified atom stereocenters. The van der Waals surface area contributed by atoms with Gasteiger partial charge in [0.2, 0.25) is 5.96 Å². The van der Waals surface area contributed by atoms with Gasteiger partial charge in [0.25, 0.3) is 5.56 Å². The Hall–Kier alpha value is -3.39. The Labute approximate surface area is 244 Å². The molecule has 0 bridgehead atoms. The van der Waals surface area contributed by atoms with Crippen molar-refractivity contribution >= 4 is 51.4 Å². The average molecular weight is 578 g/mol. The van der Waals surface area contributed by atoms with E-state index in [4.69, 9.17) is 28.2 Å². The fourth-order valence-electron chi connectivity index (χ4n) is 5.26. The number of para-hydroxylation sites is 1. The topological polar surface area (TPSA) is 74.5 Å². The highest BCUT2D eigenvalue weighted by Gasteiger charge is 2.24.